The van der Waals surface area contributed by atoms with Gasteiger partial charge in [0.1, 0.15) is 12.6 Å². The number of rotatable bonds is 11. The largest absolute Gasteiger partial charge is 0.352 e. The highest BCUT2D eigenvalue weighted by Gasteiger charge is 2.30. The maximum Gasteiger partial charge on any atom is 0.244 e. The number of halogens is 1. The molecule has 9 heteroatoms. The molecule has 0 heterocycles. The van der Waals surface area contributed by atoms with Gasteiger partial charge in [-0.25, -0.2) is 8.42 Å². The molecule has 33 heavy (non-hydrogen) atoms. The lowest BCUT2D eigenvalue weighted by atomic mass is 10.1. The van der Waals surface area contributed by atoms with Gasteiger partial charge in [-0.1, -0.05) is 53.2 Å². The summed E-state index contributed by atoms with van der Waals surface area (Å²) < 4.78 is 26.9. The predicted octanol–water partition coefficient (Wildman–Crippen LogP) is 3.59. The van der Waals surface area contributed by atoms with Crippen LogP contribution in [0.3, 0.4) is 0 Å². The van der Waals surface area contributed by atoms with Crippen LogP contribution in [0.2, 0.25) is 0 Å². The van der Waals surface area contributed by atoms with Gasteiger partial charge in [0.05, 0.1) is 11.9 Å². The minimum Gasteiger partial charge on any atom is -0.352 e. The second-order valence-electron chi connectivity index (χ2n) is 8.06. The molecule has 2 amide bonds. The summed E-state index contributed by atoms with van der Waals surface area (Å²) in [5.41, 5.74) is 1.41. The number of nitrogens with zero attached hydrogens (tertiary/aromatic N) is 2. The Bertz CT molecular complexity index is 1030. The lowest BCUT2D eigenvalue weighted by molar-refractivity contribution is -0.139. The molecule has 0 radical (unpaired) electrons. The van der Waals surface area contributed by atoms with Crippen LogP contribution in [0.1, 0.15) is 32.8 Å². The quantitative estimate of drug-likeness (QED) is 0.474. The standard InChI is InChI=1S/C24H32BrN3O4S/c1-5-18(2)26-24(30)19(3)27(16-15-20-9-7-6-8-10-20)23(29)17-28(33(4,31)32)22-13-11-21(25)12-14-22/h6-14,18-19H,5,15-17H2,1-4H3,(H,26,30)/t18-,19+/m0/s1. The van der Waals surface area contributed by atoms with Crippen molar-refractivity contribution in [3.63, 3.8) is 0 Å². The molecular formula is C24H32BrN3O4S. The number of amides is 2. The third-order valence-electron chi connectivity index (χ3n) is 5.45. The molecule has 0 aliphatic rings. The van der Waals surface area contributed by atoms with E-state index in [0.717, 1.165) is 27.0 Å². The Morgan fingerprint density at radius 2 is 1.64 bits per heavy atom. The van der Waals surface area contributed by atoms with Crippen LogP contribution in [0.4, 0.5) is 5.69 Å². The van der Waals surface area contributed by atoms with Crippen molar-refractivity contribution >= 4 is 43.5 Å². The summed E-state index contributed by atoms with van der Waals surface area (Å²) in [7, 11) is -3.73. The molecule has 0 saturated carbocycles. The van der Waals surface area contributed by atoms with Crippen LogP contribution in [-0.4, -0.2) is 56.6 Å². The van der Waals surface area contributed by atoms with E-state index in [1.54, 1.807) is 31.2 Å². The van der Waals surface area contributed by atoms with E-state index < -0.39 is 28.5 Å². The summed E-state index contributed by atoms with van der Waals surface area (Å²) in [6.45, 7) is 5.44. The zero-order valence-corrected chi connectivity index (χ0v) is 21.9. The second-order valence-corrected chi connectivity index (χ2v) is 10.9. The number of benzene rings is 2. The van der Waals surface area contributed by atoms with Crippen LogP contribution < -0.4 is 9.62 Å². The smallest absolute Gasteiger partial charge is 0.244 e. The molecule has 0 aliphatic heterocycles. The van der Waals surface area contributed by atoms with Gasteiger partial charge in [0.15, 0.2) is 0 Å². The lowest BCUT2D eigenvalue weighted by Gasteiger charge is -2.32. The fourth-order valence-corrected chi connectivity index (χ4v) is 4.37. The molecule has 7 nitrogen and oxygen atoms in total. The first-order valence-electron chi connectivity index (χ1n) is 10.9. The normalized spacial score (nSPS) is 13.1. The summed E-state index contributed by atoms with van der Waals surface area (Å²) in [5, 5.41) is 2.91. The SMILES string of the molecule is CC[C@H](C)NC(=O)[C@@H](C)N(CCc1ccccc1)C(=O)CN(c1ccc(Br)cc1)S(C)(=O)=O. The topological polar surface area (TPSA) is 86.8 Å². The Morgan fingerprint density at radius 1 is 1.03 bits per heavy atom. The van der Waals surface area contributed by atoms with Crippen molar-refractivity contribution in [2.75, 3.05) is 23.7 Å². The summed E-state index contributed by atoms with van der Waals surface area (Å²) in [6, 6.07) is 15.6. The lowest BCUT2D eigenvalue weighted by Crippen LogP contribution is -2.53. The number of carbonyl (C=O) groups excluding carboxylic acids is 2. The Labute approximate surface area is 205 Å². The zero-order valence-electron chi connectivity index (χ0n) is 19.5. The van der Waals surface area contributed by atoms with E-state index in [4.69, 9.17) is 0 Å². The highest BCUT2D eigenvalue weighted by Crippen LogP contribution is 2.21. The van der Waals surface area contributed by atoms with Crippen LogP contribution in [0.15, 0.2) is 59.1 Å². The van der Waals surface area contributed by atoms with Crippen molar-refractivity contribution in [3.8, 4) is 0 Å². The number of nitrogens with one attached hydrogen (secondary N) is 1. The van der Waals surface area contributed by atoms with Gasteiger partial charge in [-0.05, 0) is 56.5 Å². The Hall–Kier alpha value is -2.39. The molecule has 2 aromatic carbocycles. The van der Waals surface area contributed by atoms with Crippen molar-refractivity contribution in [2.24, 2.45) is 0 Å². The molecule has 2 rings (SSSR count). The second kappa shape index (κ2) is 12.2. The van der Waals surface area contributed by atoms with Crippen molar-refractivity contribution in [2.45, 2.75) is 45.7 Å². The molecule has 0 aromatic heterocycles. The molecular weight excluding hydrogens is 506 g/mol. The van der Waals surface area contributed by atoms with Gasteiger partial charge in [0.25, 0.3) is 0 Å². The van der Waals surface area contributed by atoms with Gasteiger partial charge in [0.2, 0.25) is 21.8 Å². The average molecular weight is 539 g/mol. The average Bonchev–Trinajstić information content (AvgIpc) is 2.78. The molecule has 2 atom stereocenters. The third kappa shape index (κ3) is 8.16. The van der Waals surface area contributed by atoms with E-state index in [9.17, 15) is 18.0 Å². The van der Waals surface area contributed by atoms with E-state index in [2.05, 4.69) is 21.2 Å². The summed E-state index contributed by atoms with van der Waals surface area (Å²) >= 11 is 3.33. The van der Waals surface area contributed by atoms with E-state index in [0.29, 0.717) is 12.1 Å². The van der Waals surface area contributed by atoms with Crippen LogP contribution >= 0.6 is 15.9 Å². The minimum atomic E-state index is -3.73. The molecule has 0 bridgehead atoms. The van der Waals surface area contributed by atoms with Gasteiger partial charge in [-0.15, -0.1) is 0 Å². The Kier molecular flexibility index (Phi) is 9.91. The van der Waals surface area contributed by atoms with Gasteiger partial charge in [-0.3, -0.25) is 13.9 Å². The maximum absolute atomic E-state index is 13.4. The maximum atomic E-state index is 13.4. The highest BCUT2D eigenvalue weighted by molar-refractivity contribution is 9.10. The van der Waals surface area contributed by atoms with Crippen molar-refractivity contribution in [1.29, 1.82) is 0 Å². The summed E-state index contributed by atoms with van der Waals surface area (Å²) in [6.07, 6.45) is 2.38. The van der Waals surface area contributed by atoms with E-state index in [1.807, 2.05) is 44.2 Å². The number of hydrogen-bond acceptors (Lipinski definition) is 4. The van der Waals surface area contributed by atoms with Crippen molar-refractivity contribution in [1.82, 2.24) is 10.2 Å². The zero-order chi connectivity index (χ0) is 24.6. The van der Waals surface area contributed by atoms with Gasteiger partial charge < -0.3 is 10.2 Å². The Morgan fingerprint density at radius 3 is 2.18 bits per heavy atom. The first-order valence-corrected chi connectivity index (χ1v) is 13.5. The molecule has 180 valence electrons. The first-order chi connectivity index (χ1) is 15.5. The fraction of sp³-hybridized carbons (Fsp3) is 0.417. The van der Waals surface area contributed by atoms with Crippen molar-refractivity contribution in [3.05, 3.63) is 64.6 Å². The van der Waals surface area contributed by atoms with Crippen molar-refractivity contribution < 1.29 is 18.0 Å². The highest BCUT2D eigenvalue weighted by atomic mass is 79.9. The summed E-state index contributed by atoms with van der Waals surface area (Å²) in [5.74, 6) is -0.702. The first kappa shape index (κ1) is 26.9. The number of sulfonamides is 1. The van der Waals surface area contributed by atoms with E-state index in [-0.39, 0.29) is 18.5 Å². The van der Waals surface area contributed by atoms with Crippen LogP contribution in [-0.2, 0) is 26.0 Å². The van der Waals surface area contributed by atoms with E-state index >= 15 is 0 Å². The van der Waals surface area contributed by atoms with Crippen LogP contribution in [0.25, 0.3) is 0 Å². The molecule has 0 saturated heterocycles. The number of hydrogen-bond donors (Lipinski definition) is 1. The monoisotopic (exact) mass is 537 g/mol. The van der Waals surface area contributed by atoms with Crippen LogP contribution in [0, 0.1) is 0 Å². The minimum absolute atomic E-state index is 0.0266. The molecule has 0 aliphatic carbocycles. The summed E-state index contributed by atoms with van der Waals surface area (Å²) in [4.78, 5) is 27.7. The molecule has 0 fully saturated rings. The number of carbonyl (C=O) groups is 2. The van der Waals surface area contributed by atoms with Gasteiger partial charge >= 0.3 is 0 Å². The number of anilines is 1. The van der Waals surface area contributed by atoms with Gasteiger partial charge in [0, 0.05) is 17.1 Å². The van der Waals surface area contributed by atoms with E-state index in [1.165, 1.54) is 4.90 Å². The third-order valence-corrected chi connectivity index (χ3v) is 7.12. The Balaban J connectivity index is 2.29. The molecule has 2 aromatic rings. The molecule has 0 spiro atoms. The molecule has 1 N–H and O–H groups in total. The predicted molar refractivity (Wildman–Crippen MR) is 136 cm³/mol. The fourth-order valence-electron chi connectivity index (χ4n) is 3.26. The van der Waals surface area contributed by atoms with Gasteiger partial charge in [-0.2, -0.15) is 0 Å². The molecule has 0 unspecified atom stereocenters. The van der Waals surface area contributed by atoms with Crippen LogP contribution in [0.5, 0.6) is 0 Å².